The van der Waals surface area contributed by atoms with Crippen LogP contribution in [-0.4, -0.2) is 31.4 Å². The third kappa shape index (κ3) is 5.46. The van der Waals surface area contributed by atoms with E-state index in [4.69, 9.17) is 4.99 Å². The molecule has 1 nitrogen and oxygen atoms in total. The number of benzene rings is 2. The fourth-order valence-corrected chi connectivity index (χ4v) is 8.51. The number of aryl methyl sites for hydroxylation is 1. The van der Waals surface area contributed by atoms with E-state index in [0.29, 0.717) is 5.92 Å². The van der Waals surface area contributed by atoms with Crippen LogP contribution in [0.3, 0.4) is 0 Å². The Morgan fingerprint density at radius 2 is 1.65 bits per heavy atom. The zero-order chi connectivity index (χ0) is 22.7. The van der Waals surface area contributed by atoms with E-state index in [1.807, 2.05) is 0 Å². The van der Waals surface area contributed by atoms with E-state index in [9.17, 15) is 4.39 Å². The van der Waals surface area contributed by atoms with Crippen LogP contribution in [-0.2, 0) is 0 Å². The molecule has 1 fully saturated rings. The Kier molecular flexibility index (Phi) is 7.42. The third-order valence-corrected chi connectivity index (χ3v) is 12.0. The molecule has 0 bridgehead atoms. The molecule has 2 aromatic carbocycles. The summed E-state index contributed by atoms with van der Waals surface area (Å²) in [6.45, 7) is 11.6. The summed E-state index contributed by atoms with van der Waals surface area (Å²) in [5.41, 5.74) is 5.58. The van der Waals surface area contributed by atoms with Gasteiger partial charge in [0.2, 0.25) is 0 Å². The minimum atomic E-state index is -1.89. The van der Waals surface area contributed by atoms with Crippen LogP contribution in [0.2, 0.25) is 0 Å². The van der Waals surface area contributed by atoms with E-state index in [0.717, 1.165) is 34.1 Å². The summed E-state index contributed by atoms with van der Waals surface area (Å²) in [6.07, 6.45) is 9.53. The van der Waals surface area contributed by atoms with Gasteiger partial charge in [0.1, 0.15) is 0 Å². The average Bonchev–Trinajstić information content (AvgIpc) is 3.41. The van der Waals surface area contributed by atoms with E-state index >= 15 is 0 Å². The first-order valence-corrected chi connectivity index (χ1v) is 15.7. The van der Waals surface area contributed by atoms with Gasteiger partial charge in [-0.05, 0) is 0 Å². The second-order valence-corrected chi connectivity index (χ2v) is 17.2. The Morgan fingerprint density at radius 1 is 0.968 bits per heavy atom. The number of aliphatic imine (C=N–C) groups is 1. The summed E-state index contributed by atoms with van der Waals surface area (Å²) in [5, 5.41) is 0.981. The first-order valence-electron chi connectivity index (χ1n) is 12.2. The Labute approximate surface area is 189 Å². The number of halogens is 1. The van der Waals surface area contributed by atoms with Gasteiger partial charge >= 0.3 is 156 Å². The predicted octanol–water partition coefficient (Wildman–Crippen LogP) is 8.34. The molecule has 0 saturated carbocycles. The van der Waals surface area contributed by atoms with Crippen LogP contribution in [0.25, 0.3) is 11.1 Å². The van der Waals surface area contributed by atoms with Gasteiger partial charge in [-0.1, -0.05) is 33.1 Å². The van der Waals surface area contributed by atoms with Crippen molar-refractivity contribution in [3.05, 3.63) is 47.8 Å². The predicted molar refractivity (Wildman–Crippen MR) is 140 cm³/mol. The van der Waals surface area contributed by atoms with Crippen LogP contribution in [0.4, 0.5) is 10.1 Å². The van der Waals surface area contributed by atoms with Gasteiger partial charge in [-0.15, -0.1) is 0 Å². The van der Waals surface area contributed by atoms with Crippen molar-refractivity contribution in [3.63, 3.8) is 0 Å². The molecule has 0 amide bonds. The van der Waals surface area contributed by atoms with Gasteiger partial charge in [-0.25, -0.2) is 0 Å². The average molecular weight is 442 g/mol. The molecule has 0 radical (unpaired) electrons. The number of nitrogens with zero attached hydrogens (tertiary/aromatic N) is 1. The van der Waals surface area contributed by atoms with Crippen LogP contribution in [0.5, 0.6) is 0 Å². The van der Waals surface area contributed by atoms with E-state index in [-0.39, 0.29) is 5.82 Å². The molecular formula is C28H41FNP. The van der Waals surface area contributed by atoms with Gasteiger partial charge in [-0.3, -0.25) is 0 Å². The summed E-state index contributed by atoms with van der Waals surface area (Å²) in [6, 6.07) is 12.3. The molecule has 31 heavy (non-hydrogen) atoms. The van der Waals surface area contributed by atoms with Gasteiger partial charge in [0.15, 0.2) is 0 Å². The molecule has 3 rings (SSSR count). The van der Waals surface area contributed by atoms with Crippen molar-refractivity contribution in [1.82, 2.24) is 0 Å². The maximum atomic E-state index is 15.0. The van der Waals surface area contributed by atoms with Crippen molar-refractivity contribution in [2.24, 2.45) is 10.9 Å². The summed E-state index contributed by atoms with van der Waals surface area (Å²) in [7, 11) is 0. The molecule has 170 valence electrons. The molecular weight excluding hydrogens is 400 g/mol. The van der Waals surface area contributed by atoms with Gasteiger partial charge < -0.3 is 0 Å². The number of hydrogen-bond donors (Lipinski definition) is 0. The normalized spacial score (nSPS) is 19.5. The van der Waals surface area contributed by atoms with E-state index < -0.39 is 6.60 Å². The van der Waals surface area contributed by atoms with E-state index in [1.165, 1.54) is 50.1 Å². The summed E-state index contributed by atoms with van der Waals surface area (Å²) in [5.74, 6) is 0.564. The maximum absolute atomic E-state index is 15.0. The fraction of sp³-hybridized carbons (Fsp3) is 0.536. The van der Waals surface area contributed by atoms with Crippen LogP contribution in [0, 0.1) is 18.7 Å². The molecule has 0 unspecified atom stereocenters. The van der Waals surface area contributed by atoms with Crippen molar-refractivity contribution in [1.29, 1.82) is 0 Å². The monoisotopic (exact) mass is 441 g/mol. The molecule has 1 atom stereocenters. The quantitative estimate of drug-likeness (QED) is 0.259. The number of rotatable bonds is 10. The summed E-state index contributed by atoms with van der Waals surface area (Å²) in [4.78, 5) is 5.11. The van der Waals surface area contributed by atoms with Crippen LogP contribution in [0.1, 0.15) is 64.9 Å². The second kappa shape index (κ2) is 9.53. The molecule has 0 aromatic heterocycles. The zero-order valence-corrected chi connectivity index (χ0v) is 21.4. The van der Waals surface area contributed by atoms with Crippen LogP contribution < -0.4 is 5.30 Å². The molecule has 0 N–H and O–H groups in total. The molecule has 3 heteroatoms. The Morgan fingerprint density at radius 3 is 2.19 bits per heavy atom. The molecule has 1 saturated heterocycles. The van der Waals surface area contributed by atoms with Crippen molar-refractivity contribution in [2.45, 2.75) is 66.2 Å². The van der Waals surface area contributed by atoms with E-state index in [2.05, 4.69) is 71.4 Å². The van der Waals surface area contributed by atoms with Crippen LogP contribution in [0.15, 0.2) is 41.4 Å². The number of unbranched alkanes of at least 4 members (excludes halogenated alkanes) is 1. The topological polar surface area (TPSA) is 12.4 Å². The first-order chi connectivity index (χ1) is 14.7. The second-order valence-electron chi connectivity index (χ2n) is 10.4. The fourth-order valence-electron chi connectivity index (χ4n) is 4.65. The molecule has 1 aliphatic heterocycles. The number of hydrogen-bond acceptors (Lipinski definition) is 1. The van der Waals surface area contributed by atoms with Crippen molar-refractivity contribution < 1.29 is 4.39 Å². The van der Waals surface area contributed by atoms with Gasteiger partial charge in [-0.2, -0.15) is 0 Å². The van der Waals surface area contributed by atoms with Gasteiger partial charge in [0.05, 0.1) is 0 Å². The summed E-state index contributed by atoms with van der Waals surface area (Å²) < 4.78 is 15.0. The third-order valence-electron chi connectivity index (χ3n) is 7.28. The van der Waals surface area contributed by atoms with Crippen molar-refractivity contribution in [2.75, 3.05) is 25.7 Å². The molecule has 1 heterocycles. The Hall–Kier alpha value is -1.53. The van der Waals surface area contributed by atoms with E-state index in [1.54, 1.807) is 6.07 Å². The zero-order valence-electron chi connectivity index (χ0n) is 20.5. The SMILES string of the molecule is CCCC[C@H](CCC)C(CC)=Nc1ccc(-c2ccc(P3(C)(C)CC3)c(F)c2)cc1C. The molecule has 0 aliphatic carbocycles. The molecule has 1 aliphatic rings. The van der Waals surface area contributed by atoms with Crippen molar-refractivity contribution >= 4 is 23.3 Å². The van der Waals surface area contributed by atoms with Gasteiger partial charge in [0.25, 0.3) is 0 Å². The first kappa shape index (κ1) is 24.1. The summed E-state index contributed by atoms with van der Waals surface area (Å²) >= 11 is 0. The standard InChI is InChI=1S/C28H41FNP/c1-7-10-12-22(11-8-2)26(9-3)30-27-15-13-23(19-21(27)4)24-14-16-28(25(29)20-24)31(5,6)17-18-31/h13-16,19-20,22H,7-12,17-18H2,1-6H3/t22-/m0/s1. The van der Waals surface area contributed by atoms with Crippen molar-refractivity contribution in [3.8, 4) is 11.1 Å². The Balaban J connectivity index is 1.87. The molecule has 2 aromatic rings. The molecule has 0 spiro atoms. The van der Waals surface area contributed by atoms with Gasteiger partial charge in [0, 0.05) is 0 Å². The minimum absolute atomic E-state index is 0.0241. The Bertz CT molecular complexity index is 951. The van der Waals surface area contributed by atoms with Crippen LogP contribution >= 0.6 is 6.60 Å².